The van der Waals surface area contributed by atoms with Gasteiger partial charge in [0.25, 0.3) is 5.91 Å². The molecule has 1 N–H and O–H groups in total. The minimum atomic E-state index is -0.151. The molecule has 3 rings (SSSR count). The Bertz CT molecular complexity index is 983. The number of amides is 1. The number of nitrogens with zero attached hydrogens (tertiary/aromatic N) is 4. The number of benzene rings is 1. The predicted molar refractivity (Wildman–Crippen MR) is 108 cm³/mol. The standard InChI is InChI=1S/C22H23N5O/c1-16(2)21-24-11-13-27(21)12-5-10-25-22(28)18-8-9-20(26-15-18)19-7-4-3-6-17(19)14-23/h3-4,6-9,11,13,15-16H,5,10,12H2,1-2H3,(H,25,28). The predicted octanol–water partition coefficient (Wildman–Crippen LogP) is 3.76. The van der Waals surface area contributed by atoms with E-state index in [9.17, 15) is 10.1 Å². The maximum Gasteiger partial charge on any atom is 0.252 e. The van der Waals surface area contributed by atoms with E-state index in [0.717, 1.165) is 24.4 Å². The zero-order chi connectivity index (χ0) is 19.9. The first kappa shape index (κ1) is 19.3. The van der Waals surface area contributed by atoms with Crippen LogP contribution in [0.4, 0.5) is 0 Å². The summed E-state index contributed by atoms with van der Waals surface area (Å²) >= 11 is 0. The molecular weight excluding hydrogens is 350 g/mol. The normalized spacial score (nSPS) is 10.6. The second-order valence-electron chi connectivity index (χ2n) is 6.83. The second-order valence-corrected chi connectivity index (χ2v) is 6.83. The Hall–Kier alpha value is -3.46. The first-order valence-corrected chi connectivity index (χ1v) is 9.35. The molecule has 0 unspecified atom stereocenters. The summed E-state index contributed by atoms with van der Waals surface area (Å²) in [5.74, 6) is 1.28. The molecule has 1 aromatic carbocycles. The largest absolute Gasteiger partial charge is 0.352 e. The van der Waals surface area contributed by atoms with Crippen molar-refractivity contribution in [3.63, 3.8) is 0 Å². The minimum Gasteiger partial charge on any atom is -0.352 e. The Morgan fingerprint density at radius 2 is 2.04 bits per heavy atom. The smallest absolute Gasteiger partial charge is 0.252 e. The van der Waals surface area contributed by atoms with Crippen LogP contribution in [-0.4, -0.2) is 27.0 Å². The topological polar surface area (TPSA) is 83.6 Å². The number of aromatic nitrogens is 3. The summed E-state index contributed by atoms with van der Waals surface area (Å²) in [5, 5.41) is 12.1. The summed E-state index contributed by atoms with van der Waals surface area (Å²) in [4.78, 5) is 21.1. The number of hydrogen-bond donors (Lipinski definition) is 1. The number of carbonyl (C=O) groups is 1. The highest BCUT2D eigenvalue weighted by Gasteiger charge is 2.10. The van der Waals surface area contributed by atoms with E-state index < -0.39 is 0 Å². The number of hydrogen-bond acceptors (Lipinski definition) is 4. The second kappa shape index (κ2) is 8.96. The molecule has 28 heavy (non-hydrogen) atoms. The molecule has 0 aliphatic carbocycles. The van der Waals surface area contributed by atoms with Gasteiger partial charge in [0.15, 0.2) is 0 Å². The molecule has 0 aliphatic heterocycles. The molecular formula is C22H23N5O. The summed E-state index contributed by atoms with van der Waals surface area (Å²) < 4.78 is 2.12. The fourth-order valence-corrected chi connectivity index (χ4v) is 3.06. The fourth-order valence-electron chi connectivity index (χ4n) is 3.06. The average molecular weight is 373 g/mol. The maximum absolute atomic E-state index is 12.3. The lowest BCUT2D eigenvalue weighted by Gasteiger charge is -2.11. The van der Waals surface area contributed by atoms with E-state index in [0.29, 0.717) is 29.3 Å². The van der Waals surface area contributed by atoms with Crippen LogP contribution >= 0.6 is 0 Å². The third-order valence-corrected chi connectivity index (χ3v) is 4.47. The summed E-state index contributed by atoms with van der Waals surface area (Å²) in [5.41, 5.74) is 2.50. The molecule has 2 aromatic heterocycles. The van der Waals surface area contributed by atoms with Crippen LogP contribution in [0.25, 0.3) is 11.3 Å². The first-order valence-electron chi connectivity index (χ1n) is 9.35. The fraction of sp³-hybridized carbons (Fsp3) is 0.273. The van der Waals surface area contributed by atoms with E-state index >= 15 is 0 Å². The van der Waals surface area contributed by atoms with Crippen LogP contribution in [0.2, 0.25) is 0 Å². The van der Waals surface area contributed by atoms with Crippen LogP contribution in [0, 0.1) is 11.3 Å². The van der Waals surface area contributed by atoms with E-state index in [1.165, 1.54) is 0 Å². The summed E-state index contributed by atoms with van der Waals surface area (Å²) in [6.07, 6.45) is 6.15. The lowest BCUT2D eigenvalue weighted by atomic mass is 10.0. The van der Waals surface area contributed by atoms with Crippen molar-refractivity contribution in [1.82, 2.24) is 19.9 Å². The van der Waals surface area contributed by atoms with Crippen LogP contribution in [-0.2, 0) is 6.54 Å². The molecule has 6 heteroatoms. The van der Waals surface area contributed by atoms with Gasteiger partial charge in [0.1, 0.15) is 5.82 Å². The van der Waals surface area contributed by atoms with Gasteiger partial charge in [-0.2, -0.15) is 5.26 Å². The van der Waals surface area contributed by atoms with Crippen molar-refractivity contribution in [2.75, 3.05) is 6.54 Å². The molecule has 3 aromatic rings. The molecule has 0 saturated carbocycles. The molecule has 0 saturated heterocycles. The number of carbonyl (C=O) groups excluding carboxylic acids is 1. The lowest BCUT2D eigenvalue weighted by molar-refractivity contribution is 0.0952. The van der Waals surface area contributed by atoms with Crippen LogP contribution in [0.3, 0.4) is 0 Å². The summed E-state index contributed by atoms with van der Waals surface area (Å²) in [6.45, 7) is 5.63. The van der Waals surface area contributed by atoms with Crippen molar-refractivity contribution in [3.05, 3.63) is 71.9 Å². The average Bonchev–Trinajstić information content (AvgIpc) is 3.20. The highest BCUT2D eigenvalue weighted by Crippen LogP contribution is 2.21. The summed E-state index contributed by atoms with van der Waals surface area (Å²) in [7, 11) is 0. The van der Waals surface area contributed by atoms with Gasteiger partial charge >= 0.3 is 0 Å². The number of aryl methyl sites for hydroxylation is 1. The molecule has 1 amide bonds. The molecule has 0 atom stereocenters. The zero-order valence-electron chi connectivity index (χ0n) is 16.1. The number of nitrogens with one attached hydrogen (secondary N) is 1. The van der Waals surface area contributed by atoms with Crippen molar-refractivity contribution in [2.24, 2.45) is 0 Å². The first-order chi connectivity index (χ1) is 13.6. The van der Waals surface area contributed by atoms with Gasteiger partial charge in [-0.05, 0) is 24.6 Å². The van der Waals surface area contributed by atoms with E-state index in [1.807, 2.05) is 30.6 Å². The molecule has 0 fully saturated rings. The molecule has 2 heterocycles. The zero-order valence-corrected chi connectivity index (χ0v) is 16.1. The SMILES string of the molecule is CC(C)c1nccn1CCCNC(=O)c1ccc(-c2ccccc2C#N)nc1. The van der Waals surface area contributed by atoms with Crippen molar-refractivity contribution < 1.29 is 4.79 Å². The third-order valence-electron chi connectivity index (χ3n) is 4.47. The molecule has 142 valence electrons. The highest BCUT2D eigenvalue weighted by molar-refractivity contribution is 5.94. The Morgan fingerprint density at radius 1 is 1.21 bits per heavy atom. The summed E-state index contributed by atoms with van der Waals surface area (Å²) in [6, 6.07) is 13.0. The number of imidazole rings is 1. The van der Waals surface area contributed by atoms with Crippen LogP contribution in [0.1, 0.15) is 47.9 Å². The van der Waals surface area contributed by atoms with Gasteiger partial charge < -0.3 is 9.88 Å². The van der Waals surface area contributed by atoms with Crippen LogP contribution < -0.4 is 5.32 Å². The third kappa shape index (κ3) is 4.44. The monoisotopic (exact) mass is 373 g/mol. The van der Waals surface area contributed by atoms with Crippen molar-refractivity contribution in [1.29, 1.82) is 5.26 Å². The number of nitriles is 1. The van der Waals surface area contributed by atoms with Gasteiger partial charge in [0.05, 0.1) is 22.9 Å². The van der Waals surface area contributed by atoms with Gasteiger partial charge in [-0.3, -0.25) is 9.78 Å². The van der Waals surface area contributed by atoms with Gasteiger partial charge in [-0.25, -0.2) is 4.98 Å². The van der Waals surface area contributed by atoms with Gasteiger partial charge in [0.2, 0.25) is 0 Å². The van der Waals surface area contributed by atoms with Gasteiger partial charge in [-0.15, -0.1) is 0 Å². The van der Waals surface area contributed by atoms with Crippen molar-refractivity contribution in [2.45, 2.75) is 32.7 Å². The lowest BCUT2D eigenvalue weighted by Crippen LogP contribution is -2.25. The molecule has 6 nitrogen and oxygen atoms in total. The van der Waals surface area contributed by atoms with Crippen LogP contribution in [0.5, 0.6) is 0 Å². The van der Waals surface area contributed by atoms with Crippen LogP contribution in [0.15, 0.2) is 55.0 Å². The van der Waals surface area contributed by atoms with Crippen molar-refractivity contribution >= 4 is 5.91 Å². The minimum absolute atomic E-state index is 0.151. The maximum atomic E-state index is 12.3. The molecule has 0 radical (unpaired) electrons. The molecule has 0 spiro atoms. The Balaban J connectivity index is 1.55. The Kier molecular flexibility index (Phi) is 6.18. The Morgan fingerprint density at radius 3 is 2.75 bits per heavy atom. The van der Waals surface area contributed by atoms with E-state index in [1.54, 1.807) is 24.4 Å². The van der Waals surface area contributed by atoms with E-state index in [2.05, 4.69) is 39.8 Å². The quantitative estimate of drug-likeness (QED) is 0.639. The Labute approximate surface area is 164 Å². The van der Waals surface area contributed by atoms with E-state index in [-0.39, 0.29) is 5.91 Å². The van der Waals surface area contributed by atoms with Crippen molar-refractivity contribution in [3.8, 4) is 17.3 Å². The highest BCUT2D eigenvalue weighted by atomic mass is 16.1. The molecule has 0 aliphatic rings. The van der Waals surface area contributed by atoms with Gasteiger partial charge in [-0.1, -0.05) is 32.0 Å². The number of rotatable bonds is 7. The number of pyridine rings is 1. The van der Waals surface area contributed by atoms with E-state index in [4.69, 9.17) is 0 Å². The molecule has 0 bridgehead atoms. The van der Waals surface area contributed by atoms with Gasteiger partial charge in [0, 0.05) is 43.2 Å².